The van der Waals surface area contributed by atoms with Crippen molar-refractivity contribution in [3.63, 3.8) is 0 Å². The predicted molar refractivity (Wildman–Crippen MR) is 145 cm³/mol. The Bertz CT molecular complexity index is 1470. The summed E-state index contributed by atoms with van der Waals surface area (Å²) in [5.74, 6) is 0.985. The molecule has 174 valence electrons. The van der Waals surface area contributed by atoms with E-state index in [1.54, 1.807) is 6.33 Å². The fourth-order valence-electron chi connectivity index (χ4n) is 4.87. The number of piperazine rings is 1. The van der Waals surface area contributed by atoms with E-state index < -0.39 is 0 Å². The van der Waals surface area contributed by atoms with Crippen LogP contribution in [0.25, 0.3) is 27.8 Å². The molecule has 6 rings (SSSR count). The summed E-state index contributed by atoms with van der Waals surface area (Å²) >= 11 is 6.50. The molecular formula is C29H26ClN5. The second-order valence-electron chi connectivity index (χ2n) is 8.92. The maximum absolute atomic E-state index is 6.50. The number of rotatable bonds is 4. The molecule has 3 heterocycles. The van der Waals surface area contributed by atoms with Crippen LogP contribution in [0.1, 0.15) is 5.56 Å². The highest BCUT2D eigenvalue weighted by Gasteiger charge is 2.24. The Morgan fingerprint density at radius 2 is 1.43 bits per heavy atom. The molecule has 6 heteroatoms. The highest BCUT2D eigenvalue weighted by Crippen LogP contribution is 2.37. The van der Waals surface area contributed by atoms with Gasteiger partial charge >= 0.3 is 0 Å². The van der Waals surface area contributed by atoms with Crippen LogP contribution < -0.4 is 9.80 Å². The van der Waals surface area contributed by atoms with E-state index in [0.29, 0.717) is 0 Å². The van der Waals surface area contributed by atoms with Gasteiger partial charge < -0.3 is 14.4 Å². The second-order valence-corrected chi connectivity index (χ2v) is 9.33. The summed E-state index contributed by atoms with van der Waals surface area (Å²) in [6.45, 7) is 5.72. The maximum atomic E-state index is 6.50. The molecular weight excluding hydrogens is 454 g/mol. The highest BCUT2D eigenvalue weighted by molar-refractivity contribution is 6.31. The van der Waals surface area contributed by atoms with Crippen LogP contribution in [0.4, 0.5) is 11.5 Å². The number of anilines is 2. The first-order chi connectivity index (χ1) is 17.2. The van der Waals surface area contributed by atoms with Gasteiger partial charge in [0.1, 0.15) is 12.1 Å². The first-order valence-corrected chi connectivity index (χ1v) is 12.3. The molecule has 0 aliphatic carbocycles. The lowest BCUT2D eigenvalue weighted by molar-refractivity contribution is 0.649. The van der Waals surface area contributed by atoms with Crippen LogP contribution in [-0.2, 0) is 0 Å². The molecule has 5 nitrogen and oxygen atoms in total. The molecule has 0 bridgehead atoms. The monoisotopic (exact) mass is 479 g/mol. The van der Waals surface area contributed by atoms with Crippen molar-refractivity contribution in [1.82, 2.24) is 14.5 Å². The number of aryl methyl sites for hydroxylation is 1. The number of halogens is 1. The zero-order valence-corrected chi connectivity index (χ0v) is 20.4. The van der Waals surface area contributed by atoms with Crippen molar-refractivity contribution in [1.29, 1.82) is 0 Å². The Hall–Kier alpha value is -3.83. The number of hydrogen-bond acceptors (Lipinski definition) is 4. The summed E-state index contributed by atoms with van der Waals surface area (Å²) in [5.41, 5.74) is 6.48. The summed E-state index contributed by atoms with van der Waals surface area (Å²) in [6.07, 6.45) is 3.85. The normalized spacial score (nSPS) is 14.0. The van der Waals surface area contributed by atoms with Gasteiger partial charge in [0.2, 0.25) is 0 Å². The van der Waals surface area contributed by atoms with Gasteiger partial charge in [-0.2, -0.15) is 0 Å². The van der Waals surface area contributed by atoms with E-state index in [1.807, 2.05) is 19.1 Å². The second kappa shape index (κ2) is 9.08. The van der Waals surface area contributed by atoms with Gasteiger partial charge in [0.15, 0.2) is 5.65 Å². The van der Waals surface area contributed by atoms with Crippen molar-refractivity contribution in [3.05, 3.63) is 102 Å². The van der Waals surface area contributed by atoms with Crippen LogP contribution in [0.15, 0.2) is 91.4 Å². The lowest BCUT2D eigenvalue weighted by atomic mass is 10.1. The molecule has 0 N–H and O–H groups in total. The first-order valence-electron chi connectivity index (χ1n) is 11.9. The molecule has 0 atom stereocenters. The van der Waals surface area contributed by atoms with Gasteiger partial charge in [-0.1, -0.05) is 66.2 Å². The maximum Gasteiger partial charge on any atom is 0.150 e. The number of para-hydroxylation sites is 1. The molecule has 1 aliphatic rings. The summed E-state index contributed by atoms with van der Waals surface area (Å²) in [5, 5.41) is 1.82. The quantitative estimate of drug-likeness (QED) is 0.300. The average Bonchev–Trinajstić information content (AvgIpc) is 3.31. The Labute approximate surface area is 210 Å². The van der Waals surface area contributed by atoms with E-state index in [0.717, 1.165) is 70.4 Å². The van der Waals surface area contributed by atoms with Crippen molar-refractivity contribution >= 4 is 34.1 Å². The summed E-state index contributed by atoms with van der Waals surface area (Å²) in [4.78, 5) is 14.4. The predicted octanol–water partition coefficient (Wildman–Crippen LogP) is 6.38. The van der Waals surface area contributed by atoms with E-state index in [4.69, 9.17) is 21.6 Å². The largest absolute Gasteiger partial charge is 0.368 e. The molecule has 0 unspecified atom stereocenters. The van der Waals surface area contributed by atoms with Gasteiger partial charge in [0, 0.05) is 54.3 Å². The number of benzene rings is 3. The average molecular weight is 480 g/mol. The minimum atomic E-state index is 0.747. The zero-order valence-electron chi connectivity index (χ0n) is 19.6. The molecule has 3 aromatic carbocycles. The minimum Gasteiger partial charge on any atom is -0.368 e. The summed E-state index contributed by atoms with van der Waals surface area (Å²) < 4.78 is 2.13. The van der Waals surface area contributed by atoms with Crippen LogP contribution in [0.5, 0.6) is 0 Å². The van der Waals surface area contributed by atoms with Crippen LogP contribution in [0, 0.1) is 6.92 Å². The van der Waals surface area contributed by atoms with Gasteiger partial charge in [-0.15, -0.1) is 0 Å². The van der Waals surface area contributed by atoms with Gasteiger partial charge in [-0.3, -0.25) is 0 Å². The van der Waals surface area contributed by atoms with Crippen molar-refractivity contribution in [2.24, 2.45) is 0 Å². The Morgan fingerprint density at radius 1 is 0.743 bits per heavy atom. The van der Waals surface area contributed by atoms with Gasteiger partial charge in [0.05, 0.1) is 5.39 Å². The number of aromatic nitrogens is 3. The van der Waals surface area contributed by atoms with Gasteiger partial charge in [-0.25, -0.2) is 9.97 Å². The number of hydrogen-bond donors (Lipinski definition) is 0. The molecule has 0 spiro atoms. The third-order valence-corrected chi connectivity index (χ3v) is 7.19. The molecule has 0 saturated carbocycles. The van der Waals surface area contributed by atoms with E-state index in [-0.39, 0.29) is 0 Å². The topological polar surface area (TPSA) is 37.2 Å². The van der Waals surface area contributed by atoms with Crippen molar-refractivity contribution < 1.29 is 0 Å². The zero-order chi connectivity index (χ0) is 23.8. The van der Waals surface area contributed by atoms with Gasteiger partial charge in [0.25, 0.3) is 0 Å². The number of nitrogens with zero attached hydrogens (tertiary/aromatic N) is 5. The third-order valence-electron chi connectivity index (χ3n) is 6.78. The van der Waals surface area contributed by atoms with Crippen molar-refractivity contribution in [2.75, 3.05) is 36.0 Å². The minimum absolute atomic E-state index is 0.747. The molecule has 2 aromatic heterocycles. The molecule has 1 fully saturated rings. The highest BCUT2D eigenvalue weighted by atomic mass is 35.5. The Balaban J connectivity index is 1.45. The first kappa shape index (κ1) is 21.7. The van der Waals surface area contributed by atoms with Crippen molar-refractivity contribution in [2.45, 2.75) is 6.92 Å². The molecule has 5 aromatic rings. The molecule has 35 heavy (non-hydrogen) atoms. The van der Waals surface area contributed by atoms with Gasteiger partial charge in [-0.05, 0) is 42.3 Å². The van der Waals surface area contributed by atoms with E-state index in [1.165, 1.54) is 5.69 Å². The van der Waals surface area contributed by atoms with Crippen LogP contribution >= 0.6 is 11.6 Å². The summed E-state index contributed by atoms with van der Waals surface area (Å²) in [6, 6.07) is 27.2. The lowest BCUT2D eigenvalue weighted by Gasteiger charge is -2.37. The fourth-order valence-corrected chi connectivity index (χ4v) is 5.04. The number of fused-ring (bicyclic) bond motifs is 1. The van der Waals surface area contributed by atoms with E-state index >= 15 is 0 Å². The SMILES string of the molecule is Cc1ccc(-n2cc(-c3ccccc3)c3c(N4CCN(c5ccccc5)CC4)ncnc32)cc1Cl. The van der Waals surface area contributed by atoms with Crippen molar-refractivity contribution in [3.8, 4) is 16.8 Å². The fraction of sp³-hybridized carbons (Fsp3) is 0.172. The molecule has 1 saturated heterocycles. The Kier molecular flexibility index (Phi) is 5.63. The standard InChI is InChI=1S/C29H26ClN5/c1-21-12-13-24(18-26(21)30)35-19-25(22-8-4-2-5-9-22)27-28(31-20-32-29(27)35)34-16-14-33(15-17-34)23-10-6-3-7-11-23/h2-13,18-20H,14-17H2,1H3. The van der Waals surface area contributed by atoms with Crippen LogP contribution in [0.3, 0.4) is 0 Å². The molecule has 0 radical (unpaired) electrons. The van der Waals surface area contributed by atoms with E-state index in [9.17, 15) is 0 Å². The molecule has 1 aliphatic heterocycles. The van der Waals surface area contributed by atoms with Crippen LogP contribution in [-0.4, -0.2) is 40.7 Å². The smallest absolute Gasteiger partial charge is 0.150 e. The summed E-state index contributed by atoms with van der Waals surface area (Å²) in [7, 11) is 0. The third kappa shape index (κ3) is 4.02. The Morgan fingerprint density at radius 3 is 2.14 bits per heavy atom. The van der Waals surface area contributed by atoms with E-state index in [2.05, 4.69) is 87.3 Å². The lowest BCUT2D eigenvalue weighted by Crippen LogP contribution is -2.46. The van der Waals surface area contributed by atoms with Crippen LogP contribution in [0.2, 0.25) is 5.02 Å². The molecule has 0 amide bonds.